The summed E-state index contributed by atoms with van der Waals surface area (Å²) in [5.74, 6) is 1.02. The van der Waals surface area contributed by atoms with Crippen molar-refractivity contribution in [3.05, 3.63) is 107 Å². The molecule has 8 heteroatoms. The molecule has 0 saturated carbocycles. The average molecular weight is 524 g/mol. The Morgan fingerprint density at radius 3 is 2.45 bits per heavy atom. The second-order valence-corrected chi connectivity index (χ2v) is 11.4. The third kappa shape index (κ3) is 4.25. The van der Waals surface area contributed by atoms with Crippen molar-refractivity contribution in [3.8, 4) is 11.1 Å². The van der Waals surface area contributed by atoms with Gasteiger partial charge in [-0.1, -0.05) is 67.6 Å². The van der Waals surface area contributed by atoms with Crippen molar-refractivity contribution in [2.45, 2.75) is 44.8 Å². The number of benzene rings is 3. The van der Waals surface area contributed by atoms with E-state index in [2.05, 4.69) is 58.8 Å². The number of sulfonamides is 1. The number of rotatable bonds is 5. The molecule has 3 heterocycles. The first kappa shape index (κ1) is 24.3. The largest absolute Gasteiger partial charge is 0.364 e. The van der Waals surface area contributed by atoms with Crippen LogP contribution in [0.25, 0.3) is 22.3 Å². The highest BCUT2D eigenvalue weighted by atomic mass is 32.2. The third-order valence-corrected chi connectivity index (χ3v) is 8.53. The van der Waals surface area contributed by atoms with Gasteiger partial charge >= 0.3 is 0 Å². The fraction of sp³-hybridized carbons (Fsp3) is 0.200. The molecule has 2 aromatic heterocycles. The van der Waals surface area contributed by atoms with Gasteiger partial charge in [0.2, 0.25) is 10.0 Å². The summed E-state index contributed by atoms with van der Waals surface area (Å²) >= 11 is 0. The first-order valence-electron chi connectivity index (χ1n) is 12.7. The fourth-order valence-corrected chi connectivity index (χ4v) is 6.53. The molecule has 1 unspecified atom stereocenters. The molecule has 0 bridgehead atoms. The highest BCUT2D eigenvalue weighted by molar-refractivity contribution is 7.89. The summed E-state index contributed by atoms with van der Waals surface area (Å²) in [6.07, 6.45) is 0.251. The van der Waals surface area contributed by atoms with Crippen LogP contribution in [0.2, 0.25) is 0 Å². The minimum absolute atomic E-state index is 0.261. The SMILES string of the molecule is CCc1nc2c(C)cc(C)nc2n1Cc1ccc(-c2ccccc2C2Nc3ccccc3S(=O)(=O)N2)cc1. The summed E-state index contributed by atoms with van der Waals surface area (Å²) in [5, 5.41) is 3.35. The molecule has 3 aromatic carbocycles. The minimum Gasteiger partial charge on any atom is -0.364 e. The molecule has 2 N–H and O–H groups in total. The normalized spacial score (nSPS) is 16.2. The molecule has 6 rings (SSSR count). The number of nitrogens with one attached hydrogen (secondary N) is 2. The van der Waals surface area contributed by atoms with E-state index in [0.717, 1.165) is 56.9 Å². The molecule has 0 fully saturated rings. The van der Waals surface area contributed by atoms with Crippen molar-refractivity contribution >= 4 is 26.9 Å². The quantitative estimate of drug-likeness (QED) is 0.307. The number of nitrogens with zero attached hydrogens (tertiary/aromatic N) is 3. The Balaban J connectivity index is 1.33. The van der Waals surface area contributed by atoms with Gasteiger partial charge in [0.05, 0.1) is 12.2 Å². The topological polar surface area (TPSA) is 88.9 Å². The number of fused-ring (bicyclic) bond motifs is 2. The van der Waals surface area contributed by atoms with Crippen LogP contribution >= 0.6 is 0 Å². The minimum atomic E-state index is -3.63. The lowest BCUT2D eigenvalue weighted by atomic mass is 9.97. The molecule has 1 atom stereocenters. The number of anilines is 1. The molecule has 5 aromatic rings. The van der Waals surface area contributed by atoms with Crippen LogP contribution in [0.1, 0.15) is 41.3 Å². The molecule has 0 spiro atoms. The average Bonchev–Trinajstić information content (AvgIpc) is 3.26. The summed E-state index contributed by atoms with van der Waals surface area (Å²) in [6, 6.07) is 25.3. The summed E-state index contributed by atoms with van der Waals surface area (Å²) < 4.78 is 30.9. The summed E-state index contributed by atoms with van der Waals surface area (Å²) in [5.41, 5.74) is 8.59. The molecule has 1 aliphatic heterocycles. The van der Waals surface area contributed by atoms with Crippen LogP contribution in [-0.4, -0.2) is 23.0 Å². The Hall–Kier alpha value is -4.01. The van der Waals surface area contributed by atoms with E-state index in [1.54, 1.807) is 18.2 Å². The standard InChI is InChI=1S/C30H29N5O2S/c1-4-27-33-28-19(2)17-20(3)31-30(28)35(27)18-21-13-15-22(16-14-21)23-9-5-6-10-24(23)29-32-25-11-7-8-12-26(25)38(36,37)34-29/h5-17,29,32,34H,4,18H2,1-3H3. The third-order valence-electron chi connectivity index (χ3n) is 7.04. The Bertz CT molecular complexity index is 1780. The molecule has 0 amide bonds. The van der Waals surface area contributed by atoms with E-state index in [1.807, 2.05) is 37.3 Å². The van der Waals surface area contributed by atoms with Crippen LogP contribution in [0.4, 0.5) is 5.69 Å². The Kier molecular flexibility index (Phi) is 6.01. The van der Waals surface area contributed by atoms with Crippen LogP contribution in [0.3, 0.4) is 0 Å². The van der Waals surface area contributed by atoms with Gasteiger partial charge in [0.25, 0.3) is 0 Å². The number of imidazole rings is 1. The molecule has 0 aliphatic carbocycles. The van der Waals surface area contributed by atoms with Crippen molar-refractivity contribution < 1.29 is 8.42 Å². The molecular formula is C30H29N5O2S. The predicted octanol–water partition coefficient (Wildman–Crippen LogP) is 5.73. The number of aromatic nitrogens is 3. The van der Waals surface area contributed by atoms with Crippen molar-refractivity contribution in [2.24, 2.45) is 0 Å². The smallest absolute Gasteiger partial charge is 0.244 e. The van der Waals surface area contributed by atoms with E-state index in [1.165, 1.54) is 0 Å². The Labute approximate surface area is 222 Å². The lowest BCUT2D eigenvalue weighted by Gasteiger charge is -2.29. The second-order valence-electron chi connectivity index (χ2n) is 9.70. The number of para-hydroxylation sites is 1. The highest BCUT2D eigenvalue weighted by Gasteiger charge is 2.30. The summed E-state index contributed by atoms with van der Waals surface area (Å²) in [7, 11) is -3.63. The van der Waals surface area contributed by atoms with E-state index in [9.17, 15) is 8.42 Å². The number of pyridine rings is 1. The second kappa shape index (κ2) is 9.38. The first-order chi connectivity index (χ1) is 18.3. The van der Waals surface area contributed by atoms with Crippen LogP contribution in [0.15, 0.2) is 83.8 Å². The van der Waals surface area contributed by atoms with E-state index in [0.29, 0.717) is 12.2 Å². The molecule has 7 nitrogen and oxygen atoms in total. The van der Waals surface area contributed by atoms with Gasteiger partial charge in [0.1, 0.15) is 22.4 Å². The van der Waals surface area contributed by atoms with Gasteiger partial charge in [0, 0.05) is 12.1 Å². The van der Waals surface area contributed by atoms with Gasteiger partial charge in [-0.05, 0) is 59.9 Å². The highest BCUT2D eigenvalue weighted by Crippen LogP contribution is 2.35. The maximum Gasteiger partial charge on any atom is 0.244 e. The Morgan fingerprint density at radius 2 is 1.66 bits per heavy atom. The van der Waals surface area contributed by atoms with Gasteiger partial charge < -0.3 is 9.88 Å². The summed E-state index contributed by atoms with van der Waals surface area (Å²) in [4.78, 5) is 9.92. The van der Waals surface area contributed by atoms with Crippen LogP contribution in [0, 0.1) is 13.8 Å². The zero-order chi connectivity index (χ0) is 26.4. The molecule has 192 valence electrons. The van der Waals surface area contributed by atoms with Crippen LogP contribution in [0.5, 0.6) is 0 Å². The lowest BCUT2D eigenvalue weighted by molar-refractivity contribution is 0.563. The molecule has 1 aliphatic rings. The van der Waals surface area contributed by atoms with Gasteiger partial charge in [-0.2, -0.15) is 4.72 Å². The monoisotopic (exact) mass is 523 g/mol. The zero-order valence-electron chi connectivity index (χ0n) is 21.6. The van der Waals surface area contributed by atoms with E-state index >= 15 is 0 Å². The molecule has 0 saturated heterocycles. The lowest BCUT2D eigenvalue weighted by Crippen LogP contribution is -2.38. The fourth-order valence-electron chi connectivity index (χ4n) is 5.23. The van der Waals surface area contributed by atoms with Crippen molar-refractivity contribution in [1.82, 2.24) is 19.3 Å². The predicted molar refractivity (Wildman–Crippen MR) is 150 cm³/mol. The van der Waals surface area contributed by atoms with Crippen LogP contribution in [-0.2, 0) is 23.0 Å². The molecule has 0 radical (unpaired) electrons. The number of hydrogen-bond donors (Lipinski definition) is 2. The van der Waals surface area contributed by atoms with Gasteiger partial charge in [-0.15, -0.1) is 0 Å². The van der Waals surface area contributed by atoms with Crippen LogP contribution < -0.4 is 10.0 Å². The zero-order valence-corrected chi connectivity index (χ0v) is 22.4. The molecular weight excluding hydrogens is 494 g/mol. The maximum absolute atomic E-state index is 12.9. The van der Waals surface area contributed by atoms with Crippen molar-refractivity contribution in [3.63, 3.8) is 0 Å². The van der Waals surface area contributed by atoms with Crippen molar-refractivity contribution in [2.75, 3.05) is 5.32 Å². The number of aryl methyl sites for hydroxylation is 3. The van der Waals surface area contributed by atoms with Gasteiger partial charge in [-0.25, -0.2) is 18.4 Å². The van der Waals surface area contributed by atoms with E-state index in [-0.39, 0.29) is 4.90 Å². The van der Waals surface area contributed by atoms with Gasteiger partial charge in [0.15, 0.2) is 5.65 Å². The number of hydrogen-bond acceptors (Lipinski definition) is 5. The Morgan fingerprint density at radius 1 is 0.921 bits per heavy atom. The first-order valence-corrected chi connectivity index (χ1v) is 14.2. The van der Waals surface area contributed by atoms with Crippen molar-refractivity contribution in [1.29, 1.82) is 0 Å². The van der Waals surface area contributed by atoms with E-state index in [4.69, 9.17) is 9.97 Å². The molecule has 38 heavy (non-hydrogen) atoms. The maximum atomic E-state index is 12.9. The summed E-state index contributed by atoms with van der Waals surface area (Å²) in [6.45, 7) is 6.89. The van der Waals surface area contributed by atoms with Gasteiger partial charge in [-0.3, -0.25) is 0 Å². The van der Waals surface area contributed by atoms with E-state index < -0.39 is 16.2 Å².